The van der Waals surface area contributed by atoms with E-state index in [4.69, 9.17) is 28.9 Å². The van der Waals surface area contributed by atoms with Crippen molar-refractivity contribution >= 4 is 49.8 Å². The summed E-state index contributed by atoms with van der Waals surface area (Å²) >= 11 is 12.4. The molecule has 4 rings (SSSR count). The Hall–Kier alpha value is -2.87. The maximum atomic E-state index is 14.2. The van der Waals surface area contributed by atoms with E-state index in [-0.39, 0.29) is 45.4 Å². The Bertz CT molecular complexity index is 1720. The number of rotatable bonds is 7. The first-order chi connectivity index (χ1) is 18.6. The van der Waals surface area contributed by atoms with Crippen molar-refractivity contribution in [1.29, 1.82) is 0 Å². The lowest BCUT2D eigenvalue weighted by Crippen LogP contribution is -2.41. The van der Waals surface area contributed by atoms with Crippen molar-refractivity contribution in [2.75, 3.05) is 18.8 Å². The lowest BCUT2D eigenvalue weighted by Gasteiger charge is -2.32. The van der Waals surface area contributed by atoms with Crippen LogP contribution in [0.2, 0.25) is 10.0 Å². The summed E-state index contributed by atoms with van der Waals surface area (Å²) in [6.07, 6.45) is -3.85. The Morgan fingerprint density at radius 3 is 2.50 bits per heavy atom. The van der Waals surface area contributed by atoms with Crippen LogP contribution in [0.4, 0.5) is 13.2 Å². The van der Waals surface area contributed by atoms with E-state index in [9.17, 15) is 36.0 Å². The number of primary amides is 1. The first-order valence-corrected chi connectivity index (χ1v) is 14.6. The molecular formula is C25H25Cl2F3N4O5S. The lowest BCUT2D eigenvalue weighted by atomic mass is 9.96. The van der Waals surface area contributed by atoms with Gasteiger partial charge in [0.05, 0.1) is 44.6 Å². The minimum absolute atomic E-state index is 0.0224. The van der Waals surface area contributed by atoms with E-state index in [0.717, 1.165) is 0 Å². The smallest absolute Gasteiger partial charge is 0.369 e. The number of nitrogens with two attached hydrogens (primary N) is 1. The summed E-state index contributed by atoms with van der Waals surface area (Å²) in [6.45, 7) is 1.10. The quantitative estimate of drug-likeness (QED) is 0.415. The van der Waals surface area contributed by atoms with Gasteiger partial charge < -0.3 is 10.7 Å². The normalized spacial score (nSPS) is 16.9. The van der Waals surface area contributed by atoms with Crippen LogP contribution in [-0.2, 0) is 33.9 Å². The number of sulfone groups is 1. The van der Waals surface area contributed by atoms with Gasteiger partial charge in [0, 0.05) is 18.1 Å². The topological polar surface area (TPSA) is 135 Å². The van der Waals surface area contributed by atoms with Gasteiger partial charge in [-0.25, -0.2) is 13.2 Å². The minimum Gasteiger partial charge on any atom is -0.369 e. The summed E-state index contributed by atoms with van der Waals surface area (Å²) in [5.74, 6) is -1.35. The molecule has 1 amide bonds. The van der Waals surface area contributed by atoms with Gasteiger partial charge in [-0.3, -0.25) is 19.1 Å². The number of fused-ring (bicyclic) bond motifs is 1. The Balaban J connectivity index is 1.87. The van der Waals surface area contributed by atoms with E-state index in [1.807, 2.05) is 0 Å². The highest BCUT2D eigenvalue weighted by atomic mass is 35.5. The highest BCUT2D eigenvalue weighted by Gasteiger charge is 2.37. The third-order valence-electron chi connectivity index (χ3n) is 6.98. The van der Waals surface area contributed by atoms with E-state index < -0.39 is 61.6 Å². The third-order valence-corrected chi connectivity index (χ3v) is 9.46. The number of nitrogens with one attached hydrogen (secondary N) is 1. The molecule has 216 valence electrons. The summed E-state index contributed by atoms with van der Waals surface area (Å²) < 4.78 is 68.4. The first-order valence-electron chi connectivity index (χ1n) is 12.2. The summed E-state index contributed by atoms with van der Waals surface area (Å²) in [5.41, 5.74) is 1.51. The molecule has 1 fully saturated rings. The average Bonchev–Trinajstić information content (AvgIpc) is 2.87. The van der Waals surface area contributed by atoms with E-state index in [0.29, 0.717) is 30.0 Å². The Morgan fingerprint density at radius 2 is 1.88 bits per heavy atom. The molecule has 1 saturated heterocycles. The summed E-state index contributed by atoms with van der Waals surface area (Å²) in [6, 6.07) is 4.48. The average molecular weight is 621 g/mol. The third kappa shape index (κ3) is 5.92. The molecule has 3 aromatic rings. The second kappa shape index (κ2) is 11.2. The predicted octanol–water partition coefficient (Wildman–Crippen LogP) is 3.55. The molecule has 0 unspecified atom stereocenters. The number of carbonyl (C=O) groups is 1. The molecule has 0 aliphatic carbocycles. The van der Waals surface area contributed by atoms with Gasteiger partial charge in [-0.05, 0) is 54.8 Å². The molecule has 2 aromatic carbocycles. The number of aromatic nitrogens is 2. The van der Waals surface area contributed by atoms with Crippen molar-refractivity contribution in [2.24, 2.45) is 11.7 Å². The number of hydrogen-bond acceptors (Lipinski definition) is 6. The molecule has 0 spiro atoms. The van der Waals surface area contributed by atoms with Crippen molar-refractivity contribution in [2.45, 2.75) is 43.9 Å². The zero-order valence-electron chi connectivity index (χ0n) is 21.1. The van der Waals surface area contributed by atoms with E-state index in [1.54, 1.807) is 4.90 Å². The lowest BCUT2D eigenvalue weighted by molar-refractivity contribution is -0.138. The van der Waals surface area contributed by atoms with Crippen LogP contribution in [0.1, 0.15) is 36.5 Å². The maximum Gasteiger partial charge on any atom is 0.416 e. The van der Waals surface area contributed by atoms with Gasteiger partial charge in [0.15, 0.2) is 9.84 Å². The summed E-state index contributed by atoms with van der Waals surface area (Å²) in [4.78, 5) is 41.9. The van der Waals surface area contributed by atoms with Crippen molar-refractivity contribution in [3.8, 4) is 0 Å². The van der Waals surface area contributed by atoms with Crippen LogP contribution in [0.3, 0.4) is 0 Å². The number of amides is 1. The second-order valence-electron chi connectivity index (χ2n) is 9.59. The number of alkyl halides is 3. The van der Waals surface area contributed by atoms with Gasteiger partial charge in [-0.2, -0.15) is 13.2 Å². The molecule has 0 radical (unpaired) electrons. The van der Waals surface area contributed by atoms with Crippen LogP contribution in [-0.4, -0.2) is 47.6 Å². The zero-order chi connectivity index (χ0) is 29.6. The molecule has 15 heteroatoms. The maximum absolute atomic E-state index is 14.2. The number of carbonyl (C=O) groups excluding carboxylic acids is 1. The first kappa shape index (κ1) is 30.1. The SMILES string of the molecule is CCS(=O)(=O)c1ccc(Cl)cc1Cn1c(=O)[nH]c2c(Cl)c(CN3CCC[C@H](C(N)=O)C3)c(C(F)(F)F)cc2c1=O. The molecule has 40 heavy (non-hydrogen) atoms. The number of halogens is 5. The van der Waals surface area contributed by atoms with Crippen molar-refractivity contribution < 1.29 is 26.4 Å². The second-order valence-corrected chi connectivity index (χ2v) is 12.7. The Kier molecular flexibility index (Phi) is 8.42. The number of hydrogen-bond donors (Lipinski definition) is 2. The van der Waals surface area contributed by atoms with Gasteiger partial charge in [-0.15, -0.1) is 0 Å². The van der Waals surface area contributed by atoms with Crippen LogP contribution >= 0.6 is 23.2 Å². The van der Waals surface area contributed by atoms with Crippen molar-refractivity contribution in [1.82, 2.24) is 14.5 Å². The van der Waals surface area contributed by atoms with Crippen LogP contribution in [0.25, 0.3) is 10.9 Å². The molecule has 1 atom stereocenters. The van der Waals surface area contributed by atoms with E-state index in [2.05, 4.69) is 4.98 Å². The zero-order valence-corrected chi connectivity index (χ0v) is 23.5. The molecule has 2 heterocycles. The van der Waals surface area contributed by atoms with E-state index >= 15 is 0 Å². The summed E-state index contributed by atoms with van der Waals surface area (Å²) in [7, 11) is -3.79. The number of H-pyrrole nitrogens is 1. The Labute approximate surface area is 236 Å². The van der Waals surface area contributed by atoms with Crippen molar-refractivity contribution in [3.63, 3.8) is 0 Å². The molecular weight excluding hydrogens is 596 g/mol. The largest absolute Gasteiger partial charge is 0.416 e. The van der Waals surface area contributed by atoms with Crippen LogP contribution < -0.4 is 17.0 Å². The molecule has 1 aromatic heterocycles. The number of piperidine rings is 1. The predicted molar refractivity (Wildman–Crippen MR) is 144 cm³/mol. The van der Waals surface area contributed by atoms with Crippen molar-refractivity contribution in [3.05, 3.63) is 71.8 Å². The van der Waals surface area contributed by atoms with Gasteiger partial charge in [0.2, 0.25) is 5.91 Å². The van der Waals surface area contributed by atoms with Crippen LogP contribution in [0, 0.1) is 5.92 Å². The van der Waals surface area contributed by atoms with Gasteiger partial charge in [0.25, 0.3) is 5.56 Å². The number of likely N-dealkylation sites (tertiary alicyclic amines) is 1. The summed E-state index contributed by atoms with van der Waals surface area (Å²) in [5, 5.41) is -0.820. The monoisotopic (exact) mass is 620 g/mol. The number of nitrogens with zero attached hydrogens (tertiary/aromatic N) is 2. The standard InChI is InChI=1S/C25H25Cl2F3N4O5S/c1-2-40(38,39)19-6-5-15(26)8-14(19)11-34-23(36)16-9-18(25(28,29)30)17(20(27)21(16)32-24(34)37)12-33-7-3-4-13(10-33)22(31)35/h5-6,8-9,13H,2-4,7,10-12H2,1H3,(H2,31,35)(H,32,37)/t13-/m0/s1. The fraction of sp³-hybridized carbons (Fsp3) is 0.400. The molecule has 3 N–H and O–H groups in total. The van der Waals surface area contributed by atoms with Gasteiger partial charge in [0.1, 0.15) is 0 Å². The number of aromatic amines is 1. The molecule has 1 aliphatic rings. The minimum atomic E-state index is -4.91. The highest BCUT2D eigenvalue weighted by Crippen LogP contribution is 2.39. The van der Waals surface area contributed by atoms with Crippen LogP contribution in [0.15, 0.2) is 38.8 Å². The fourth-order valence-corrected chi connectivity index (χ4v) is 6.52. The molecule has 0 bridgehead atoms. The van der Waals surface area contributed by atoms with Gasteiger partial charge >= 0.3 is 11.9 Å². The molecule has 9 nitrogen and oxygen atoms in total. The van der Waals surface area contributed by atoms with Gasteiger partial charge in [-0.1, -0.05) is 30.1 Å². The Morgan fingerprint density at radius 1 is 1.18 bits per heavy atom. The van der Waals surface area contributed by atoms with Crippen LogP contribution in [0.5, 0.6) is 0 Å². The number of benzene rings is 2. The molecule has 0 saturated carbocycles. The fourth-order valence-electron chi connectivity index (χ4n) is 4.90. The molecule has 1 aliphatic heterocycles. The highest BCUT2D eigenvalue weighted by molar-refractivity contribution is 7.91. The van der Waals surface area contributed by atoms with E-state index in [1.165, 1.54) is 25.1 Å².